The van der Waals surface area contributed by atoms with Gasteiger partial charge >= 0.3 is 0 Å². The van der Waals surface area contributed by atoms with E-state index in [1.54, 1.807) is 42.5 Å². The molecule has 1 aromatic heterocycles. The van der Waals surface area contributed by atoms with Crippen LogP contribution in [0.3, 0.4) is 0 Å². The van der Waals surface area contributed by atoms with E-state index in [4.69, 9.17) is 16.0 Å². The Morgan fingerprint density at radius 2 is 2.22 bits per heavy atom. The van der Waals surface area contributed by atoms with Gasteiger partial charge in [-0.2, -0.15) is 0 Å². The molecule has 0 fully saturated rings. The quantitative estimate of drug-likeness (QED) is 0.854. The molecule has 2 rings (SSSR count). The van der Waals surface area contributed by atoms with Crippen molar-refractivity contribution >= 4 is 33.4 Å². The number of halogens is 2. The standard InChI is InChI=1S/C13H11BrClNO2/c1-16(8-12-3-2-4-18-12)13(17)9-5-10(14)7-11(15)6-9/h2-7H,8H2,1H3. The van der Waals surface area contributed by atoms with Gasteiger partial charge in [-0.1, -0.05) is 27.5 Å². The summed E-state index contributed by atoms with van der Waals surface area (Å²) in [5.41, 5.74) is 0.545. The summed E-state index contributed by atoms with van der Waals surface area (Å²) < 4.78 is 5.99. The van der Waals surface area contributed by atoms with Gasteiger partial charge < -0.3 is 9.32 Å². The highest BCUT2D eigenvalue weighted by Gasteiger charge is 2.14. The Morgan fingerprint density at radius 3 is 2.83 bits per heavy atom. The molecule has 0 saturated carbocycles. The first-order valence-corrected chi connectivity index (χ1v) is 6.47. The van der Waals surface area contributed by atoms with E-state index in [2.05, 4.69) is 15.9 Å². The van der Waals surface area contributed by atoms with Crippen molar-refractivity contribution in [2.24, 2.45) is 0 Å². The maximum absolute atomic E-state index is 12.2. The highest BCUT2D eigenvalue weighted by Crippen LogP contribution is 2.20. The lowest BCUT2D eigenvalue weighted by atomic mass is 10.2. The van der Waals surface area contributed by atoms with Gasteiger partial charge in [0.25, 0.3) is 5.91 Å². The largest absolute Gasteiger partial charge is 0.467 e. The summed E-state index contributed by atoms with van der Waals surface area (Å²) in [6.45, 7) is 0.427. The molecule has 18 heavy (non-hydrogen) atoms. The summed E-state index contributed by atoms with van der Waals surface area (Å²) in [5.74, 6) is 0.640. The summed E-state index contributed by atoms with van der Waals surface area (Å²) in [4.78, 5) is 13.8. The number of hydrogen-bond acceptors (Lipinski definition) is 2. The number of carbonyl (C=O) groups is 1. The number of furan rings is 1. The van der Waals surface area contributed by atoms with Crippen LogP contribution in [0.4, 0.5) is 0 Å². The molecule has 0 aliphatic carbocycles. The molecule has 0 atom stereocenters. The number of carbonyl (C=O) groups excluding carboxylic acids is 1. The van der Waals surface area contributed by atoms with Gasteiger partial charge in [0.05, 0.1) is 12.8 Å². The molecule has 0 radical (unpaired) electrons. The first kappa shape index (κ1) is 13.2. The fraction of sp³-hybridized carbons (Fsp3) is 0.154. The van der Waals surface area contributed by atoms with Crippen molar-refractivity contribution in [3.63, 3.8) is 0 Å². The maximum Gasteiger partial charge on any atom is 0.254 e. The zero-order chi connectivity index (χ0) is 13.1. The van der Waals surface area contributed by atoms with Crippen LogP contribution in [-0.2, 0) is 6.54 Å². The zero-order valence-electron chi connectivity index (χ0n) is 9.69. The molecule has 0 aliphatic heterocycles. The van der Waals surface area contributed by atoms with Crippen molar-refractivity contribution < 1.29 is 9.21 Å². The lowest BCUT2D eigenvalue weighted by Gasteiger charge is -2.16. The van der Waals surface area contributed by atoms with Crippen LogP contribution in [0, 0.1) is 0 Å². The molecule has 3 nitrogen and oxygen atoms in total. The lowest BCUT2D eigenvalue weighted by molar-refractivity contribution is 0.0775. The molecule has 2 aromatic rings. The monoisotopic (exact) mass is 327 g/mol. The predicted octanol–water partition coefficient (Wildman–Crippen LogP) is 3.97. The first-order valence-electron chi connectivity index (χ1n) is 5.30. The third kappa shape index (κ3) is 3.15. The average Bonchev–Trinajstić information content (AvgIpc) is 2.79. The molecular weight excluding hydrogens is 318 g/mol. The molecule has 0 saturated heterocycles. The van der Waals surface area contributed by atoms with Crippen LogP contribution in [-0.4, -0.2) is 17.9 Å². The zero-order valence-corrected chi connectivity index (χ0v) is 12.0. The number of rotatable bonds is 3. The molecular formula is C13H11BrClNO2. The van der Waals surface area contributed by atoms with E-state index in [1.807, 2.05) is 6.07 Å². The van der Waals surface area contributed by atoms with Gasteiger partial charge in [0.15, 0.2) is 0 Å². The Kier molecular flexibility index (Phi) is 4.09. The minimum Gasteiger partial charge on any atom is -0.467 e. The maximum atomic E-state index is 12.2. The van der Waals surface area contributed by atoms with E-state index >= 15 is 0 Å². The van der Waals surface area contributed by atoms with Crippen LogP contribution in [0.1, 0.15) is 16.1 Å². The van der Waals surface area contributed by atoms with Crippen molar-refractivity contribution in [2.75, 3.05) is 7.05 Å². The number of hydrogen-bond donors (Lipinski definition) is 0. The smallest absolute Gasteiger partial charge is 0.254 e. The van der Waals surface area contributed by atoms with Crippen molar-refractivity contribution in [3.05, 3.63) is 57.4 Å². The molecule has 94 valence electrons. The summed E-state index contributed by atoms with van der Waals surface area (Å²) in [5, 5.41) is 0.527. The highest BCUT2D eigenvalue weighted by molar-refractivity contribution is 9.10. The topological polar surface area (TPSA) is 33.5 Å². The molecule has 0 bridgehead atoms. The Balaban J connectivity index is 2.15. The molecule has 0 N–H and O–H groups in total. The third-order valence-corrected chi connectivity index (χ3v) is 3.11. The van der Waals surface area contributed by atoms with Crippen LogP contribution in [0.2, 0.25) is 5.02 Å². The van der Waals surface area contributed by atoms with Gasteiger partial charge in [-0.3, -0.25) is 4.79 Å². The Hall–Kier alpha value is -1.26. The lowest BCUT2D eigenvalue weighted by Crippen LogP contribution is -2.25. The number of nitrogens with zero attached hydrogens (tertiary/aromatic N) is 1. The molecule has 0 spiro atoms. The van der Waals surface area contributed by atoms with Gasteiger partial charge in [0, 0.05) is 22.1 Å². The molecule has 1 amide bonds. The van der Waals surface area contributed by atoms with Crippen LogP contribution < -0.4 is 0 Å². The second-order valence-corrected chi connectivity index (χ2v) is 5.25. The fourth-order valence-electron chi connectivity index (χ4n) is 1.61. The van der Waals surface area contributed by atoms with Crippen LogP contribution in [0.25, 0.3) is 0 Å². The van der Waals surface area contributed by atoms with E-state index < -0.39 is 0 Å². The Labute approximate surface area is 118 Å². The van der Waals surface area contributed by atoms with Crippen molar-refractivity contribution in [2.45, 2.75) is 6.54 Å². The third-order valence-electron chi connectivity index (χ3n) is 2.43. The second kappa shape index (κ2) is 5.59. The van der Waals surface area contributed by atoms with Gasteiger partial charge in [-0.25, -0.2) is 0 Å². The first-order chi connectivity index (χ1) is 8.56. The fourth-order valence-corrected chi connectivity index (χ4v) is 2.47. The molecule has 5 heteroatoms. The van der Waals surface area contributed by atoms with Gasteiger partial charge in [0.2, 0.25) is 0 Å². The number of amides is 1. The average molecular weight is 329 g/mol. The second-order valence-electron chi connectivity index (χ2n) is 3.90. The van der Waals surface area contributed by atoms with Crippen LogP contribution >= 0.6 is 27.5 Å². The predicted molar refractivity (Wildman–Crippen MR) is 73.7 cm³/mol. The SMILES string of the molecule is CN(Cc1ccco1)C(=O)c1cc(Cl)cc(Br)c1. The summed E-state index contributed by atoms with van der Waals surface area (Å²) in [6.07, 6.45) is 1.59. The summed E-state index contributed by atoms with van der Waals surface area (Å²) in [6, 6.07) is 8.76. The summed E-state index contributed by atoms with van der Waals surface area (Å²) >= 11 is 9.24. The van der Waals surface area contributed by atoms with E-state index in [1.165, 1.54) is 0 Å². The molecule has 1 aromatic carbocycles. The normalized spacial score (nSPS) is 10.4. The highest BCUT2D eigenvalue weighted by atomic mass is 79.9. The minimum atomic E-state index is -0.102. The van der Waals surface area contributed by atoms with Crippen molar-refractivity contribution in [1.29, 1.82) is 0 Å². The van der Waals surface area contributed by atoms with E-state index in [-0.39, 0.29) is 5.91 Å². The molecule has 0 aliphatic rings. The van der Waals surface area contributed by atoms with Gasteiger partial charge in [0.1, 0.15) is 5.76 Å². The molecule has 1 heterocycles. The van der Waals surface area contributed by atoms with Gasteiger partial charge in [-0.15, -0.1) is 0 Å². The van der Waals surface area contributed by atoms with Crippen LogP contribution in [0.5, 0.6) is 0 Å². The van der Waals surface area contributed by atoms with Crippen molar-refractivity contribution in [1.82, 2.24) is 4.90 Å². The van der Waals surface area contributed by atoms with Gasteiger partial charge in [-0.05, 0) is 30.3 Å². The van der Waals surface area contributed by atoms with Crippen molar-refractivity contribution in [3.8, 4) is 0 Å². The Morgan fingerprint density at radius 1 is 1.44 bits per heavy atom. The van der Waals surface area contributed by atoms with Crippen LogP contribution in [0.15, 0.2) is 45.5 Å². The van der Waals surface area contributed by atoms with E-state index in [0.29, 0.717) is 17.1 Å². The number of benzene rings is 1. The minimum absolute atomic E-state index is 0.102. The van der Waals surface area contributed by atoms with E-state index in [0.717, 1.165) is 10.2 Å². The summed E-state index contributed by atoms with van der Waals surface area (Å²) in [7, 11) is 1.72. The molecule has 0 unspecified atom stereocenters. The van der Waals surface area contributed by atoms with E-state index in [9.17, 15) is 4.79 Å². The Bertz CT molecular complexity index is 534.